The van der Waals surface area contributed by atoms with Crippen molar-refractivity contribution in [2.45, 2.75) is 32.9 Å². The van der Waals surface area contributed by atoms with Crippen LogP contribution in [0, 0.1) is 13.8 Å². The Morgan fingerprint density at radius 3 is 2.81 bits per heavy atom. The van der Waals surface area contributed by atoms with Crippen LogP contribution in [0.1, 0.15) is 29.4 Å². The molecule has 0 spiro atoms. The second kappa shape index (κ2) is 6.28. The van der Waals surface area contributed by atoms with E-state index in [1.54, 1.807) is 6.92 Å². The molecule has 114 valence electrons. The first-order chi connectivity index (χ1) is 9.90. The lowest BCUT2D eigenvalue weighted by atomic mass is 9.99. The van der Waals surface area contributed by atoms with Crippen LogP contribution in [0.4, 0.5) is 4.79 Å². The van der Waals surface area contributed by atoms with E-state index in [0.29, 0.717) is 6.54 Å². The zero-order chi connectivity index (χ0) is 15.5. The summed E-state index contributed by atoms with van der Waals surface area (Å²) in [6.45, 7) is 6.04. The second-order valence-corrected chi connectivity index (χ2v) is 6.01. The highest BCUT2D eigenvalue weighted by molar-refractivity contribution is 7.08. The summed E-state index contributed by atoms with van der Waals surface area (Å²) in [6, 6.07) is 1.54. The van der Waals surface area contributed by atoms with E-state index in [2.05, 4.69) is 20.8 Å². The Kier molecular flexibility index (Phi) is 4.64. The van der Waals surface area contributed by atoms with E-state index in [4.69, 9.17) is 0 Å². The van der Waals surface area contributed by atoms with Gasteiger partial charge in [0.15, 0.2) is 0 Å². The molecule has 21 heavy (non-hydrogen) atoms. The Bertz CT molecular complexity index is 585. The minimum atomic E-state index is -1.07. The first-order valence-corrected chi connectivity index (χ1v) is 7.61. The molecule has 4 N–H and O–H groups in total. The average Bonchev–Trinajstić information content (AvgIpc) is 3.06. The molecule has 0 saturated carbocycles. The molecule has 2 amide bonds. The molecule has 2 aromatic heterocycles. The molecule has 0 saturated heterocycles. The highest BCUT2D eigenvalue weighted by atomic mass is 32.1. The number of aliphatic hydroxyl groups is 1. The van der Waals surface area contributed by atoms with Crippen LogP contribution >= 0.6 is 11.3 Å². The van der Waals surface area contributed by atoms with Crippen LogP contribution in [0.15, 0.2) is 16.8 Å². The summed E-state index contributed by atoms with van der Waals surface area (Å²) in [5, 5.41) is 26.5. The molecule has 7 heteroatoms. The lowest BCUT2D eigenvalue weighted by molar-refractivity contribution is 0.0598. The number of thiophene rings is 1. The second-order valence-electron chi connectivity index (χ2n) is 5.23. The van der Waals surface area contributed by atoms with Crippen LogP contribution in [-0.2, 0) is 12.1 Å². The highest BCUT2D eigenvalue weighted by Crippen LogP contribution is 2.21. The summed E-state index contributed by atoms with van der Waals surface area (Å²) < 4.78 is 0. The molecule has 0 fully saturated rings. The Labute approximate surface area is 127 Å². The van der Waals surface area contributed by atoms with Crippen LogP contribution in [0.3, 0.4) is 0 Å². The molecule has 0 bridgehead atoms. The van der Waals surface area contributed by atoms with Gasteiger partial charge in [0.05, 0.1) is 12.2 Å². The van der Waals surface area contributed by atoms with Crippen molar-refractivity contribution in [1.82, 2.24) is 20.8 Å². The number of amides is 2. The molecule has 0 aromatic carbocycles. The maximum absolute atomic E-state index is 11.8. The topological polar surface area (TPSA) is 90.0 Å². The summed E-state index contributed by atoms with van der Waals surface area (Å²) in [5.74, 6) is 0. The SMILES string of the molecule is Cc1n[nH]c(C)c1CNC(=O)NCC(C)(O)c1ccsc1. The van der Waals surface area contributed by atoms with E-state index >= 15 is 0 Å². The number of nitrogens with one attached hydrogen (secondary N) is 3. The van der Waals surface area contributed by atoms with Gasteiger partial charge in [-0.25, -0.2) is 4.79 Å². The van der Waals surface area contributed by atoms with E-state index < -0.39 is 5.60 Å². The summed E-state index contributed by atoms with van der Waals surface area (Å²) in [4.78, 5) is 11.8. The van der Waals surface area contributed by atoms with Crippen molar-refractivity contribution in [2.24, 2.45) is 0 Å². The van der Waals surface area contributed by atoms with Crippen molar-refractivity contribution in [1.29, 1.82) is 0 Å². The average molecular weight is 308 g/mol. The normalized spacial score (nSPS) is 13.7. The number of urea groups is 1. The molecule has 2 heterocycles. The van der Waals surface area contributed by atoms with Crippen molar-refractivity contribution in [3.63, 3.8) is 0 Å². The number of H-pyrrole nitrogens is 1. The van der Waals surface area contributed by atoms with Crippen molar-refractivity contribution in [2.75, 3.05) is 6.54 Å². The molecule has 2 aromatic rings. The van der Waals surface area contributed by atoms with Gasteiger partial charge in [0.2, 0.25) is 0 Å². The number of hydrogen-bond donors (Lipinski definition) is 4. The van der Waals surface area contributed by atoms with Crippen molar-refractivity contribution < 1.29 is 9.90 Å². The standard InChI is InChI=1S/C14H20N4O2S/c1-9-12(10(2)18-17-9)6-15-13(19)16-8-14(3,20)11-4-5-21-7-11/h4-5,7,20H,6,8H2,1-3H3,(H,17,18)(H2,15,16,19). The third-order valence-electron chi connectivity index (χ3n) is 3.44. The number of hydrogen-bond acceptors (Lipinski definition) is 4. The molecule has 0 aliphatic heterocycles. The Morgan fingerprint density at radius 1 is 1.48 bits per heavy atom. The number of aryl methyl sites for hydroxylation is 2. The third kappa shape index (κ3) is 3.83. The molecule has 0 aliphatic carbocycles. The molecule has 2 rings (SSSR count). The Morgan fingerprint density at radius 2 is 2.24 bits per heavy atom. The number of carbonyl (C=O) groups excluding carboxylic acids is 1. The fourth-order valence-electron chi connectivity index (χ4n) is 1.99. The van der Waals surface area contributed by atoms with Gasteiger partial charge in [0.1, 0.15) is 5.60 Å². The molecule has 1 unspecified atom stereocenters. The zero-order valence-electron chi connectivity index (χ0n) is 12.4. The zero-order valence-corrected chi connectivity index (χ0v) is 13.2. The van der Waals surface area contributed by atoms with Gasteiger partial charge in [0, 0.05) is 17.8 Å². The first kappa shape index (κ1) is 15.5. The quantitative estimate of drug-likeness (QED) is 0.679. The first-order valence-electron chi connectivity index (χ1n) is 6.67. The third-order valence-corrected chi connectivity index (χ3v) is 4.13. The van der Waals surface area contributed by atoms with Gasteiger partial charge in [-0.15, -0.1) is 0 Å². The van der Waals surface area contributed by atoms with Gasteiger partial charge >= 0.3 is 6.03 Å². The summed E-state index contributed by atoms with van der Waals surface area (Å²) >= 11 is 1.51. The molecule has 0 radical (unpaired) electrons. The van der Waals surface area contributed by atoms with Gasteiger partial charge in [-0.05, 0) is 43.2 Å². The van der Waals surface area contributed by atoms with Crippen LogP contribution in [-0.4, -0.2) is 27.9 Å². The summed E-state index contributed by atoms with van der Waals surface area (Å²) in [7, 11) is 0. The van der Waals surface area contributed by atoms with E-state index in [0.717, 1.165) is 22.5 Å². The van der Waals surface area contributed by atoms with Crippen molar-refractivity contribution in [3.8, 4) is 0 Å². The highest BCUT2D eigenvalue weighted by Gasteiger charge is 2.24. The number of carbonyl (C=O) groups is 1. The molecule has 1 atom stereocenters. The van der Waals surface area contributed by atoms with Gasteiger partial charge < -0.3 is 15.7 Å². The van der Waals surface area contributed by atoms with Gasteiger partial charge in [-0.1, -0.05) is 0 Å². The summed E-state index contributed by atoms with van der Waals surface area (Å²) in [5.41, 5.74) is 2.53. The van der Waals surface area contributed by atoms with E-state index in [1.807, 2.05) is 30.7 Å². The molecular formula is C14H20N4O2S. The predicted octanol–water partition coefficient (Wildman–Crippen LogP) is 1.79. The smallest absolute Gasteiger partial charge is 0.315 e. The van der Waals surface area contributed by atoms with Crippen LogP contribution in [0.25, 0.3) is 0 Å². The summed E-state index contributed by atoms with van der Waals surface area (Å²) in [6.07, 6.45) is 0. The fourth-order valence-corrected chi connectivity index (χ4v) is 2.77. The number of rotatable bonds is 5. The Balaban J connectivity index is 1.83. The molecular weight excluding hydrogens is 288 g/mol. The maximum atomic E-state index is 11.8. The van der Waals surface area contributed by atoms with E-state index in [9.17, 15) is 9.90 Å². The number of aromatic nitrogens is 2. The largest absolute Gasteiger partial charge is 0.384 e. The monoisotopic (exact) mass is 308 g/mol. The van der Waals surface area contributed by atoms with Crippen LogP contribution < -0.4 is 10.6 Å². The van der Waals surface area contributed by atoms with Gasteiger partial charge in [-0.2, -0.15) is 16.4 Å². The van der Waals surface area contributed by atoms with Crippen LogP contribution in [0.5, 0.6) is 0 Å². The van der Waals surface area contributed by atoms with Crippen molar-refractivity contribution in [3.05, 3.63) is 39.3 Å². The lowest BCUT2D eigenvalue weighted by Gasteiger charge is -2.22. The minimum absolute atomic E-state index is 0.152. The Hall–Kier alpha value is -1.86. The van der Waals surface area contributed by atoms with E-state index in [-0.39, 0.29) is 12.6 Å². The maximum Gasteiger partial charge on any atom is 0.315 e. The molecule has 6 nitrogen and oxygen atoms in total. The number of aromatic amines is 1. The van der Waals surface area contributed by atoms with E-state index in [1.165, 1.54) is 11.3 Å². The number of nitrogens with zero attached hydrogens (tertiary/aromatic N) is 1. The van der Waals surface area contributed by atoms with Crippen molar-refractivity contribution >= 4 is 17.4 Å². The van der Waals surface area contributed by atoms with Gasteiger partial charge in [0.25, 0.3) is 0 Å². The fraction of sp³-hybridized carbons (Fsp3) is 0.429. The lowest BCUT2D eigenvalue weighted by Crippen LogP contribution is -2.43. The van der Waals surface area contributed by atoms with Crippen LogP contribution in [0.2, 0.25) is 0 Å². The predicted molar refractivity (Wildman–Crippen MR) is 82.2 cm³/mol. The van der Waals surface area contributed by atoms with Gasteiger partial charge in [-0.3, -0.25) is 5.10 Å². The molecule has 0 aliphatic rings. The minimum Gasteiger partial charge on any atom is -0.384 e.